The third-order valence-corrected chi connectivity index (χ3v) is 3.13. The van der Waals surface area contributed by atoms with Crippen molar-refractivity contribution in [3.63, 3.8) is 0 Å². The third kappa shape index (κ3) is 2.67. The van der Waals surface area contributed by atoms with Gasteiger partial charge in [-0.05, 0) is 30.5 Å². The van der Waals surface area contributed by atoms with Crippen molar-refractivity contribution in [2.45, 2.75) is 25.3 Å². The lowest BCUT2D eigenvalue weighted by Crippen LogP contribution is -2.41. The van der Waals surface area contributed by atoms with Crippen LogP contribution in [-0.2, 0) is 16.0 Å². The summed E-state index contributed by atoms with van der Waals surface area (Å²) >= 11 is 0. The van der Waals surface area contributed by atoms with Gasteiger partial charge < -0.3 is 10.0 Å². The largest absolute Gasteiger partial charge is 0.480 e. The topological polar surface area (TPSA) is 57.6 Å². The number of hydrogen-bond acceptors (Lipinski definition) is 2. The minimum atomic E-state index is -0.958. The Hall–Kier alpha value is -1.91. The number of benzene rings is 1. The van der Waals surface area contributed by atoms with E-state index in [2.05, 4.69) is 0 Å². The Labute approximate surface area is 104 Å². The molecule has 1 atom stereocenters. The van der Waals surface area contributed by atoms with E-state index in [-0.39, 0.29) is 18.1 Å². The number of carbonyl (C=O) groups excluding carboxylic acids is 1. The first-order valence-electron chi connectivity index (χ1n) is 5.84. The number of carboxylic acid groups (broad SMARTS) is 1. The average molecular weight is 251 g/mol. The summed E-state index contributed by atoms with van der Waals surface area (Å²) in [4.78, 5) is 24.3. The van der Waals surface area contributed by atoms with Crippen molar-refractivity contribution in [2.24, 2.45) is 0 Å². The Morgan fingerprint density at radius 1 is 1.33 bits per heavy atom. The second-order valence-electron chi connectivity index (χ2n) is 4.39. The van der Waals surface area contributed by atoms with Crippen LogP contribution in [0.5, 0.6) is 0 Å². The van der Waals surface area contributed by atoms with Gasteiger partial charge in [0.1, 0.15) is 11.9 Å². The van der Waals surface area contributed by atoms with E-state index >= 15 is 0 Å². The van der Waals surface area contributed by atoms with Gasteiger partial charge in [-0.2, -0.15) is 0 Å². The molecule has 0 saturated carbocycles. The van der Waals surface area contributed by atoms with E-state index in [4.69, 9.17) is 5.11 Å². The third-order valence-electron chi connectivity index (χ3n) is 3.13. The second-order valence-corrected chi connectivity index (χ2v) is 4.39. The molecule has 0 radical (unpaired) electrons. The van der Waals surface area contributed by atoms with Crippen molar-refractivity contribution in [2.75, 3.05) is 6.54 Å². The van der Waals surface area contributed by atoms with E-state index in [1.165, 1.54) is 17.0 Å². The molecule has 0 bridgehead atoms. The van der Waals surface area contributed by atoms with Crippen LogP contribution in [0, 0.1) is 5.82 Å². The highest BCUT2D eigenvalue weighted by Crippen LogP contribution is 2.19. The summed E-state index contributed by atoms with van der Waals surface area (Å²) < 4.78 is 12.7. The minimum Gasteiger partial charge on any atom is -0.480 e. The molecule has 1 N–H and O–H groups in total. The fraction of sp³-hybridized carbons (Fsp3) is 0.385. The number of likely N-dealkylation sites (tertiary alicyclic amines) is 1. The number of nitrogens with zero attached hydrogens (tertiary/aromatic N) is 1. The first-order valence-corrected chi connectivity index (χ1v) is 5.84. The number of halogens is 1. The summed E-state index contributed by atoms with van der Waals surface area (Å²) in [6, 6.07) is 4.96. The fourth-order valence-corrected chi connectivity index (χ4v) is 2.20. The fourth-order valence-electron chi connectivity index (χ4n) is 2.20. The van der Waals surface area contributed by atoms with E-state index < -0.39 is 12.0 Å². The summed E-state index contributed by atoms with van der Waals surface area (Å²) in [5, 5.41) is 8.99. The lowest BCUT2D eigenvalue weighted by Gasteiger charge is -2.21. The van der Waals surface area contributed by atoms with Crippen LogP contribution in [-0.4, -0.2) is 34.5 Å². The van der Waals surface area contributed by atoms with Gasteiger partial charge in [-0.1, -0.05) is 12.1 Å². The highest BCUT2D eigenvalue weighted by atomic mass is 19.1. The second kappa shape index (κ2) is 5.16. The number of rotatable bonds is 3. The first-order chi connectivity index (χ1) is 8.58. The summed E-state index contributed by atoms with van der Waals surface area (Å²) in [6.07, 6.45) is 1.33. The van der Waals surface area contributed by atoms with Crippen molar-refractivity contribution in [1.29, 1.82) is 0 Å². The zero-order valence-electron chi connectivity index (χ0n) is 9.80. The maximum absolute atomic E-state index is 12.7. The van der Waals surface area contributed by atoms with Crippen molar-refractivity contribution in [3.05, 3.63) is 35.6 Å². The molecule has 1 aromatic rings. The zero-order valence-corrected chi connectivity index (χ0v) is 9.80. The van der Waals surface area contributed by atoms with Crippen molar-refractivity contribution < 1.29 is 19.1 Å². The SMILES string of the molecule is O=C(O)C1CCCN1C(=O)Cc1ccc(F)cc1. The van der Waals surface area contributed by atoms with E-state index in [1.54, 1.807) is 12.1 Å². The quantitative estimate of drug-likeness (QED) is 0.884. The lowest BCUT2D eigenvalue weighted by atomic mass is 10.1. The van der Waals surface area contributed by atoms with Gasteiger partial charge >= 0.3 is 5.97 Å². The van der Waals surface area contributed by atoms with Crippen LogP contribution in [0.3, 0.4) is 0 Å². The highest BCUT2D eigenvalue weighted by molar-refractivity contribution is 5.85. The predicted molar refractivity (Wildman–Crippen MR) is 62.5 cm³/mol. The Kier molecular flexibility index (Phi) is 3.60. The molecule has 1 fully saturated rings. The number of aliphatic carboxylic acids is 1. The van der Waals surface area contributed by atoms with Gasteiger partial charge in [0.05, 0.1) is 6.42 Å². The van der Waals surface area contributed by atoms with Crippen LogP contribution in [0.4, 0.5) is 4.39 Å². The molecule has 1 saturated heterocycles. The number of hydrogen-bond donors (Lipinski definition) is 1. The molecule has 4 nitrogen and oxygen atoms in total. The molecular weight excluding hydrogens is 237 g/mol. The Morgan fingerprint density at radius 3 is 2.61 bits per heavy atom. The van der Waals surface area contributed by atoms with Crippen LogP contribution >= 0.6 is 0 Å². The van der Waals surface area contributed by atoms with E-state index in [9.17, 15) is 14.0 Å². The first kappa shape index (κ1) is 12.5. The van der Waals surface area contributed by atoms with Crippen LogP contribution in [0.15, 0.2) is 24.3 Å². The average Bonchev–Trinajstić information content (AvgIpc) is 2.81. The summed E-state index contributed by atoms with van der Waals surface area (Å²) in [6.45, 7) is 0.483. The lowest BCUT2D eigenvalue weighted by molar-refractivity contribution is -0.148. The summed E-state index contributed by atoms with van der Waals surface area (Å²) in [5.41, 5.74) is 0.692. The van der Waals surface area contributed by atoms with Crippen LogP contribution < -0.4 is 0 Å². The molecule has 0 spiro atoms. The van der Waals surface area contributed by atoms with Crippen molar-refractivity contribution >= 4 is 11.9 Å². The van der Waals surface area contributed by atoms with Gasteiger partial charge in [-0.15, -0.1) is 0 Å². The Bertz CT molecular complexity index is 458. The maximum Gasteiger partial charge on any atom is 0.326 e. The smallest absolute Gasteiger partial charge is 0.326 e. The summed E-state index contributed by atoms with van der Waals surface area (Å²) in [5.74, 6) is -1.53. The Morgan fingerprint density at radius 2 is 2.00 bits per heavy atom. The van der Waals surface area contributed by atoms with Gasteiger partial charge in [0.2, 0.25) is 5.91 Å². The molecule has 2 rings (SSSR count). The van der Waals surface area contributed by atoms with Gasteiger partial charge in [0.25, 0.3) is 0 Å². The van der Waals surface area contributed by atoms with Crippen LogP contribution in [0.1, 0.15) is 18.4 Å². The molecule has 0 aliphatic carbocycles. The minimum absolute atomic E-state index is 0.115. The van der Waals surface area contributed by atoms with Gasteiger partial charge in [-0.25, -0.2) is 9.18 Å². The molecule has 96 valence electrons. The van der Waals surface area contributed by atoms with Crippen LogP contribution in [0.25, 0.3) is 0 Å². The Balaban J connectivity index is 2.03. The highest BCUT2D eigenvalue weighted by Gasteiger charge is 2.33. The molecule has 1 aliphatic heterocycles. The van der Waals surface area contributed by atoms with E-state index in [1.807, 2.05) is 0 Å². The molecular formula is C13H14FNO3. The molecule has 1 unspecified atom stereocenters. The van der Waals surface area contributed by atoms with E-state index in [0.717, 1.165) is 0 Å². The molecule has 1 heterocycles. The normalized spacial score (nSPS) is 18.9. The molecule has 1 aliphatic rings. The molecule has 5 heteroatoms. The van der Waals surface area contributed by atoms with Crippen LogP contribution in [0.2, 0.25) is 0 Å². The summed E-state index contributed by atoms with van der Waals surface area (Å²) in [7, 11) is 0. The molecule has 1 aromatic carbocycles. The van der Waals surface area contributed by atoms with E-state index in [0.29, 0.717) is 24.9 Å². The van der Waals surface area contributed by atoms with Crippen molar-refractivity contribution in [1.82, 2.24) is 4.90 Å². The zero-order chi connectivity index (χ0) is 13.1. The van der Waals surface area contributed by atoms with Gasteiger partial charge in [0, 0.05) is 6.54 Å². The molecule has 18 heavy (non-hydrogen) atoms. The number of carbonyl (C=O) groups is 2. The van der Waals surface area contributed by atoms with Crippen molar-refractivity contribution in [3.8, 4) is 0 Å². The molecule has 1 amide bonds. The standard InChI is InChI=1S/C13H14FNO3/c14-10-5-3-9(4-6-10)8-12(16)15-7-1-2-11(15)13(17)18/h3-6,11H,1-2,7-8H2,(H,17,18). The van der Waals surface area contributed by atoms with Gasteiger partial charge in [0.15, 0.2) is 0 Å². The van der Waals surface area contributed by atoms with Gasteiger partial charge in [-0.3, -0.25) is 4.79 Å². The predicted octanol–water partition coefficient (Wildman–Crippen LogP) is 1.44. The molecule has 0 aromatic heterocycles. The number of carboxylic acids is 1. The monoisotopic (exact) mass is 251 g/mol. The maximum atomic E-state index is 12.7. The number of amides is 1.